The van der Waals surface area contributed by atoms with Crippen molar-refractivity contribution in [2.75, 3.05) is 7.11 Å². The molecule has 6 atom stereocenters. The van der Waals surface area contributed by atoms with Gasteiger partial charge in [0.15, 0.2) is 0 Å². The molecule has 4 aliphatic rings. The van der Waals surface area contributed by atoms with E-state index in [1.807, 2.05) is 6.08 Å². The van der Waals surface area contributed by atoms with Crippen molar-refractivity contribution in [3.63, 3.8) is 0 Å². The van der Waals surface area contributed by atoms with E-state index in [9.17, 15) is 5.11 Å². The lowest BCUT2D eigenvalue weighted by Gasteiger charge is -2.44. The maximum Gasteiger partial charge on any atom is 0.205 e. The first-order chi connectivity index (χ1) is 8.76. The van der Waals surface area contributed by atoms with Gasteiger partial charge >= 0.3 is 0 Å². The average molecular weight is 248 g/mol. The molecule has 0 radical (unpaired) electrons. The van der Waals surface area contributed by atoms with E-state index in [1.165, 1.54) is 18.4 Å². The zero-order chi connectivity index (χ0) is 12.3. The highest BCUT2D eigenvalue weighted by Crippen LogP contribution is 2.58. The van der Waals surface area contributed by atoms with Crippen LogP contribution in [0.1, 0.15) is 25.7 Å². The number of hydrogen-bond donors (Lipinski definition) is 1. The summed E-state index contributed by atoms with van der Waals surface area (Å²) in [6.07, 6.45) is 10.7. The van der Waals surface area contributed by atoms with Crippen molar-refractivity contribution >= 4 is 0 Å². The molecule has 0 aromatic heterocycles. The SMILES string of the molecule is CO[C@]12O[C@H]3CCC[C@H]4CC=C(C=C[C@H]1O)[C@H]2[C@H]43. The van der Waals surface area contributed by atoms with Crippen LogP contribution in [0.5, 0.6) is 0 Å². The molecule has 1 N–H and O–H groups in total. The van der Waals surface area contributed by atoms with Gasteiger partial charge in [0.05, 0.1) is 6.10 Å². The van der Waals surface area contributed by atoms with Crippen LogP contribution in [0.15, 0.2) is 23.8 Å². The van der Waals surface area contributed by atoms with E-state index < -0.39 is 11.9 Å². The molecular weight excluding hydrogens is 228 g/mol. The van der Waals surface area contributed by atoms with Crippen LogP contribution in [0.4, 0.5) is 0 Å². The fourth-order valence-corrected chi connectivity index (χ4v) is 4.67. The number of ether oxygens (including phenoxy) is 2. The van der Waals surface area contributed by atoms with Crippen molar-refractivity contribution in [3.05, 3.63) is 23.8 Å². The van der Waals surface area contributed by atoms with Crippen molar-refractivity contribution in [1.82, 2.24) is 0 Å². The van der Waals surface area contributed by atoms with Gasteiger partial charge in [-0.25, -0.2) is 0 Å². The Kier molecular flexibility index (Phi) is 2.30. The molecule has 1 aliphatic heterocycles. The van der Waals surface area contributed by atoms with E-state index in [-0.39, 0.29) is 12.0 Å². The summed E-state index contributed by atoms with van der Waals surface area (Å²) in [4.78, 5) is 0. The summed E-state index contributed by atoms with van der Waals surface area (Å²) in [5.74, 6) is 0.664. The van der Waals surface area contributed by atoms with Crippen LogP contribution in [0.3, 0.4) is 0 Å². The summed E-state index contributed by atoms with van der Waals surface area (Å²) in [5.41, 5.74) is 1.31. The van der Waals surface area contributed by atoms with Crippen molar-refractivity contribution in [1.29, 1.82) is 0 Å². The minimum atomic E-state index is -0.821. The van der Waals surface area contributed by atoms with E-state index >= 15 is 0 Å². The Labute approximate surface area is 107 Å². The van der Waals surface area contributed by atoms with E-state index in [0.717, 1.165) is 12.8 Å². The molecule has 1 saturated heterocycles. The molecule has 1 heterocycles. The molecule has 2 fully saturated rings. The van der Waals surface area contributed by atoms with Crippen molar-refractivity contribution in [3.8, 4) is 0 Å². The lowest BCUT2D eigenvalue weighted by molar-refractivity contribution is -0.265. The monoisotopic (exact) mass is 248 g/mol. The Morgan fingerprint density at radius 1 is 1.44 bits per heavy atom. The molecule has 0 aromatic carbocycles. The quantitative estimate of drug-likeness (QED) is 0.771. The lowest BCUT2D eigenvalue weighted by atomic mass is 9.62. The van der Waals surface area contributed by atoms with Crippen LogP contribution in [-0.2, 0) is 9.47 Å². The highest BCUT2D eigenvalue weighted by molar-refractivity contribution is 5.36. The van der Waals surface area contributed by atoms with Crippen molar-refractivity contribution in [2.45, 2.75) is 43.7 Å². The number of allylic oxidation sites excluding steroid dienone is 2. The Balaban J connectivity index is 1.86. The zero-order valence-corrected chi connectivity index (χ0v) is 10.7. The molecule has 4 rings (SSSR count). The maximum absolute atomic E-state index is 10.3. The zero-order valence-electron chi connectivity index (χ0n) is 10.7. The van der Waals surface area contributed by atoms with E-state index in [2.05, 4.69) is 12.2 Å². The highest BCUT2D eigenvalue weighted by atomic mass is 16.7. The number of methoxy groups -OCH3 is 1. The molecule has 0 bridgehead atoms. The van der Waals surface area contributed by atoms with E-state index in [0.29, 0.717) is 11.8 Å². The van der Waals surface area contributed by atoms with Gasteiger partial charge in [0, 0.05) is 18.9 Å². The Bertz CT molecular complexity index is 427. The van der Waals surface area contributed by atoms with Crippen LogP contribution < -0.4 is 0 Å². The van der Waals surface area contributed by atoms with E-state index in [4.69, 9.17) is 9.47 Å². The molecule has 0 spiro atoms. The van der Waals surface area contributed by atoms with Gasteiger partial charge in [-0.15, -0.1) is 0 Å². The molecular formula is C15H20O3. The number of hydrogen-bond acceptors (Lipinski definition) is 3. The fourth-order valence-electron chi connectivity index (χ4n) is 4.67. The molecule has 3 aliphatic carbocycles. The van der Waals surface area contributed by atoms with Gasteiger partial charge in [0.1, 0.15) is 6.10 Å². The third kappa shape index (κ3) is 1.20. The van der Waals surface area contributed by atoms with Gasteiger partial charge in [-0.3, -0.25) is 0 Å². The topological polar surface area (TPSA) is 38.7 Å². The number of aliphatic hydroxyl groups excluding tert-OH is 1. The van der Waals surface area contributed by atoms with Gasteiger partial charge in [0.2, 0.25) is 5.79 Å². The van der Waals surface area contributed by atoms with Crippen LogP contribution in [0.25, 0.3) is 0 Å². The lowest BCUT2D eigenvalue weighted by Crippen LogP contribution is -2.52. The normalized spacial score (nSPS) is 53.0. The third-order valence-corrected chi connectivity index (χ3v) is 5.41. The second kappa shape index (κ2) is 3.69. The van der Waals surface area contributed by atoms with Gasteiger partial charge in [-0.1, -0.05) is 24.6 Å². The highest BCUT2D eigenvalue weighted by Gasteiger charge is 2.63. The summed E-state index contributed by atoms with van der Waals surface area (Å²) in [6, 6.07) is 0. The van der Waals surface area contributed by atoms with Crippen LogP contribution in [-0.4, -0.2) is 30.2 Å². The minimum absolute atomic E-state index is 0.228. The van der Waals surface area contributed by atoms with Gasteiger partial charge in [-0.05, 0) is 30.8 Å². The Morgan fingerprint density at radius 3 is 3.17 bits per heavy atom. The number of aliphatic hydroxyl groups is 1. The summed E-state index contributed by atoms with van der Waals surface area (Å²) >= 11 is 0. The first-order valence-corrected chi connectivity index (χ1v) is 7.05. The van der Waals surface area contributed by atoms with Crippen LogP contribution in [0, 0.1) is 17.8 Å². The predicted octanol–water partition coefficient (Wildman–Crippen LogP) is 2.02. The average Bonchev–Trinajstić information content (AvgIpc) is 2.76. The minimum Gasteiger partial charge on any atom is -0.383 e. The smallest absolute Gasteiger partial charge is 0.205 e. The number of rotatable bonds is 1. The van der Waals surface area contributed by atoms with Gasteiger partial charge < -0.3 is 14.6 Å². The second-order valence-corrected chi connectivity index (χ2v) is 6.07. The van der Waals surface area contributed by atoms with Crippen molar-refractivity contribution < 1.29 is 14.6 Å². The third-order valence-electron chi connectivity index (χ3n) is 5.41. The Hall–Kier alpha value is -0.640. The summed E-state index contributed by atoms with van der Waals surface area (Å²) in [6.45, 7) is 0. The predicted molar refractivity (Wildman–Crippen MR) is 66.8 cm³/mol. The molecule has 1 saturated carbocycles. The molecule has 3 heteroatoms. The summed E-state index contributed by atoms with van der Waals surface area (Å²) in [5, 5.41) is 10.3. The standard InChI is InChI=1S/C15H20O3/c1-17-15-12(16)8-7-10-6-5-9-3-2-4-11(18-15)13(9)14(10)15/h6-9,11-14,16H,2-5H2,1H3/t9-,11-,12+,13+,14-,15-/m0/s1. The van der Waals surface area contributed by atoms with Gasteiger partial charge in [0.25, 0.3) is 0 Å². The van der Waals surface area contributed by atoms with Crippen LogP contribution >= 0.6 is 0 Å². The first kappa shape index (κ1) is 11.2. The first-order valence-electron chi connectivity index (χ1n) is 7.05. The molecule has 98 valence electrons. The molecule has 0 aromatic rings. The molecule has 0 unspecified atom stereocenters. The summed E-state index contributed by atoms with van der Waals surface area (Å²) in [7, 11) is 1.67. The maximum atomic E-state index is 10.3. The fraction of sp³-hybridized carbons (Fsp3) is 0.733. The van der Waals surface area contributed by atoms with E-state index in [1.54, 1.807) is 7.11 Å². The van der Waals surface area contributed by atoms with Crippen LogP contribution in [0.2, 0.25) is 0 Å². The largest absolute Gasteiger partial charge is 0.383 e. The van der Waals surface area contributed by atoms with Gasteiger partial charge in [-0.2, -0.15) is 0 Å². The second-order valence-electron chi connectivity index (χ2n) is 6.07. The molecule has 3 nitrogen and oxygen atoms in total. The summed E-state index contributed by atoms with van der Waals surface area (Å²) < 4.78 is 11.9. The van der Waals surface area contributed by atoms with Crippen molar-refractivity contribution in [2.24, 2.45) is 17.8 Å². The molecule has 0 amide bonds. The Morgan fingerprint density at radius 2 is 2.33 bits per heavy atom. The molecule has 18 heavy (non-hydrogen) atoms.